The number of carbonyl (C=O) groups excluding carboxylic acids is 3. The number of carbonyl (C=O) groups is 3. The predicted molar refractivity (Wildman–Crippen MR) is 127 cm³/mol. The van der Waals surface area contributed by atoms with Gasteiger partial charge in [0.15, 0.2) is 5.69 Å². The van der Waals surface area contributed by atoms with Crippen molar-refractivity contribution in [1.82, 2.24) is 25.3 Å². The minimum absolute atomic E-state index is 0.0393. The molecule has 3 aliphatic heterocycles. The second-order valence-corrected chi connectivity index (χ2v) is 9.89. The summed E-state index contributed by atoms with van der Waals surface area (Å²) in [6.07, 6.45) is 2.06. The van der Waals surface area contributed by atoms with Crippen LogP contribution in [-0.2, 0) is 9.59 Å². The van der Waals surface area contributed by atoms with Gasteiger partial charge in [0.1, 0.15) is 0 Å². The molecule has 0 aliphatic carbocycles. The number of piperidine rings is 1. The van der Waals surface area contributed by atoms with Crippen molar-refractivity contribution in [3.8, 4) is 11.1 Å². The smallest absolute Gasteiger partial charge is 0.274 e. The average molecular weight is 458 g/mol. The van der Waals surface area contributed by atoms with Gasteiger partial charge in [0.2, 0.25) is 11.8 Å². The Morgan fingerprint density at radius 2 is 1.74 bits per heavy atom. The van der Waals surface area contributed by atoms with Gasteiger partial charge >= 0.3 is 0 Å². The Bertz CT molecular complexity index is 1270. The first-order valence-corrected chi connectivity index (χ1v) is 11.9. The summed E-state index contributed by atoms with van der Waals surface area (Å²) in [7, 11) is 0. The summed E-state index contributed by atoms with van der Waals surface area (Å²) in [5.74, 6) is -0.221. The molecular formula is C26H27N5O3. The number of likely N-dealkylation sites (tertiary alicyclic amines) is 2. The van der Waals surface area contributed by atoms with Gasteiger partial charge in [0, 0.05) is 49.9 Å². The zero-order valence-corrected chi connectivity index (χ0v) is 18.9. The van der Waals surface area contributed by atoms with E-state index in [0.717, 1.165) is 48.0 Å². The van der Waals surface area contributed by atoms with Crippen LogP contribution in [0.3, 0.4) is 0 Å². The third-order valence-corrected chi connectivity index (χ3v) is 7.67. The van der Waals surface area contributed by atoms with E-state index < -0.39 is 0 Å². The highest BCUT2D eigenvalue weighted by molar-refractivity contribution is 6.05. The Morgan fingerprint density at radius 3 is 2.44 bits per heavy atom. The quantitative estimate of drug-likeness (QED) is 0.631. The van der Waals surface area contributed by atoms with Crippen LogP contribution in [0.25, 0.3) is 22.0 Å². The van der Waals surface area contributed by atoms with Gasteiger partial charge in [-0.15, -0.1) is 0 Å². The minimum atomic E-state index is -0.220. The fraction of sp³-hybridized carbons (Fsp3) is 0.385. The van der Waals surface area contributed by atoms with E-state index >= 15 is 0 Å². The van der Waals surface area contributed by atoms with E-state index in [-0.39, 0.29) is 29.1 Å². The summed E-state index contributed by atoms with van der Waals surface area (Å²) in [6, 6.07) is 16.2. The number of amides is 3. The van der Waals surface area contributed by atoms with Crippen LogP contribution in [-0.4, -0.2) is 70.4 Å². The summed E-state index contributed by atoms with van der Waals surface area (Å²) in [5.41, 5.74) is 3.62. The van der Waals surface area contributed by atoms with E-state index in [1.807, 2.05) is 46.2 Å². The van der Waals surface area contributed by atoms with Gasteiger partial charge in [-0.3, -0.25) is 19.5 Å². The van der Waals surface area contributed by atoms with Gasteiger partial charge in [0.25, 0.3) is 5.91 Å². The van der Waals surface area contributed by atoms with Crippen molar-refractivity contribution in [1.29, 1.82) is 0 Å². The van der Waals surface area contributed by atoms with Crippen molar-refractivity contribution in [2.24, 2.45) is 11.3 Å². The first kappa shape index (κ1) is 20.9. The van der Waals surface area contributed by atoms with E-state index in [0.29, 0.717) is 31.7 Å². The SMILES string of the molecule is O=C1CC(C(=O)N2CC3(CCN(C(=O)c4n[nH]c5cc(-c6ccccc6)ccc45)CC3)C2)CN1. The Kier molecular flexibility index (Phi) is 4.90. The number of benzene rings is 2. The molecule has 1 aromatic heterocycles. The van der Waals surface area contributed by atoms with Crippen LogP contribution in [0.15, 0.2) is 48.5 Å². The first-order chi connectivity index (χ1) is 16.5. The van der Waals surface area contributed by atoms with Gasteiger partial charge in [-0.05, 0) is 36.1 Å². The molecule has 3 amide bonds. The lowest BCUT2D eigenvalue weighted by molar-refractivity contribution is -0.150. The maximum atomic E-state index is 13.3. The van der Waals surface area contributed by atoms with Crippen molar-refractivity contribution < 1.29 is 14.4 Å². The molecule has 1 atom stereocenters. The lowest BCUT2D eigenvalue weighted by Crippen LogP contribution is -2.63. The van der Waals surface area contributed by atoms with Crippen molar-refractivity contribution >= 4 is 28.6 Å². The van der Waals surface area contributed by atoms with Crippen LogP contribution in [0.4, 0.5) is 0 Å². The lowest BCUT2D eigenvalue weighted by atomic mass is 9.71. The molecule has 3 aliphatic rings. The number of hydrogen-bond acceptors (Lipinski definition) is 4. The molecule has 3 aromatic rings. The Labute approximate surface area is 197 Å². The maximum Gasteiger partial charge on any atom is 0.274 e. The molecule has 34 heavy (non-hydrogen) atoms. The molecule has 2 N–H and O–H groups in total. The van der Waals surface area contributed by atoms with Crippen LogP contribution in [0.1, 0.15) is 29.8 Å². The Balaban J connectivity index is 1.09. The highest BCUT2D eigenvalue weighted by Gasteiger charge is 2.49. The third kappa shape index (κ3) is 3.54. The number of rotatable bonds is 3. The summed E-state index contributed by atoms with van der Waals surface area (Å²) < 4.78 is 0. The summed E-state index contributed by atoms with van der Waals surface area (Å²) in [5, 5.41) is 11.0. The van der Waals surface area contributed by atoms with Crippen molar-refractivity contribution in [3.05, 3.63) is 54.2 Å². The van der Waals surface area contributed by atoms with E-state index in [9.17, 15) is 14.4 Å². The van der Waals surface area contributed by atoms with E-state index in [2.05, 4.69) is 27.6 Å². The molecule has 0 radical (unpaired) electrons. The summed E-state index contributed by atoms with van der Waals surface area (Å²) in [6.45, 7) is 3.24. The van der Waals surface area contributed by atoms with Crippen molar-refractivity contribution in [3.63, 3.8) is 0 Å². The standard InChI is InChI=1S/C26H27N5O3/c32-22-13-19(14-27-22)24(33)31-15-26(16-31)8-10-30(11-9-26)25(34)23-20-7-6-18(12-21(20)28-29-23)17-4-2-1-3-5-17/h1-7,12,19H,8-11,13-16H2,(H,27,32)(H,28,29). The number of aromatic nitrogens is 2. The molecule has 2 aromatic carbocycles. The largest absolute Gasteiger partial charge is 0.355 e. The normalized spacial score (nSPS) is 21.5. The third-order valence-electron chi connectivity index (χ3n) is 7.67. The predicted octanol–water partition coefficient (Wildman–Crippen LogP) is 2.43. The first-order valence-electron chi connectivity index (χ1n) is 11.9. The number of nitrogens with one attached hydrogen (secondary N) is 2. The summed E-state index contributed by atoms with van der Waals surface area (Å²) >= 11 is 0. The highest BCUT2D eigenvalue weighted by atomic mass is 16.2. The van der Waals surface area contributed by atoms with Crippen molar-refractivity contribution in [2.45, 2.75) is 19.3 Å². The number of hydrogen-bond donors (Lipinski definition) is 2. The molecule has 3 fully saturated rings. The van der Waals surface area contributed by atoms with Gasteiger partial charge in [-0.2, -0.15) is 5.10 Å². The number of nitrogens with zero attached hydrogens (tertiary/aromatic N) is 3. The van der Waals surface area contributed by atoms with Crippen LogP contribution in [0.2, 0.25) is 0 Å². The van der Waals surface area contributed by atoms with Crippen LogP contribution in [0.5, 0.6) is 0 Å². The highest BCUT2D eigenvalue weighted by Crippen LogP contribution is 2.41. The average Bonchev–Trinajstić information content (AvgIpc) is 3.48. The Morgan fingerprint density at radius 1 is 0.971 bits per heavy atom. The topological polar surface area (TPSA) is 98.4 Å². The van der Waals surface area contributed by atoms with Gasteiger partial charge in [-0.25, -0.2) is 0 Å². The lowest BCUT2D eigenvalue weighted by Gasteiger charge is -2.54. The molecule has 0 saturated carbocycles. The molecule has 174 valence electrons. The van der Waals surface area contributed by atoms with E-state index in [1.165, 1.54) is 0 Å². The zero-order valence-electron chi connectivity index (χ0n) is 18.9. The molecule has 0 bridgehead atoms. The van der Waals surface area contributed by atoms with Gasteiger partial charge < -0.3 is 15.1 Å². The second-order valence-electron chi connectivity index (χ2n) is 9.89. The van der Waals surface area contributed by atoms with Crippen LogP contribution < -0.4 is 5.32 Å². The molecule has 6 rings (SSSR count). The fourth-order valence-electron chi connectivity index (χ4n) is 5.60. The van der Waals surface area contributed by atoms with Gasteiger partial charge in [-0.1, -0.05) is 36.4 Å². The number of fused-ring (bicyclic) bond motifs is 1. The monoisotopic (exact) mass is 457 g/mol. The molecule has 3 saturated heterocycles. The molecule has 1 unspecified atom stereocenters. The van der Waals surface area contributed by atoms with E-state index in [1.54, 1.807) is 0 Å². The minimum Gasteiger partial charge on any atom is -0.355 e. The molecular weight excluding hydrogens is 430 g/mol. The van der Waals surface area contributed by atoms with Crippen LogP contribution >= 0.6 is 0 Å². The molecule has 4 heterocycles. The zero-order chi connectivity index (χ0) is 23.3. The maximum absolute atomic E-state index is 13.3. The van der Waals surface area contributed by atoms with E-state index in [4.69, 9.17) is 0 Å². The fourth-order valence-corrected chi connectivity index (χ4v) is 5.60. The van der Waals surface area contributed by atoms with Crippen molar-refractivity contribution in [2.75, 3.05) is 32.7 Å². The second kappa shape index (κ2) is 7.97. The van der Waals surface area contributed by atoms with Gasteiger partial charge in [0.05, 0.1) is 11.4 Å². The Hall–Kier alpha value is -3.68. The summed E-state index contributed by atoms with van der Waals surface area (Å²) in [4.78, 5) is 41.1. The van der Waals surface area contributed by atoms with Crippen LogP contribution in [0, 0.1) is 11.3 Å². The number of H-pyrrole nitrogens is 1. The molecule has 8 heteroatoms. The number of aromatic amines is 1. The molecule has 8 nitrogen and oxygen atoms in total. The molecule has 1 spiro atoms.